The number of carbonyl (C=O) groups is 1. The van der Waals surface area contributed by atoms with Crippen LogP contribution in [0.15, 0.2) is 0 Å². The second-order valence-corrected chi connectivity index (χ2v) is 6.98. The van der Waals surface area contributed by atoms with Crippen LogP contribution in [0.5, 0.6) is 0 Å². The summed E-state index contributed by atoms with van der Waals surface area (Å²) >= 11 is 0. The zero-order chi connectivity index (χ0) is 16.0. The summed E-state index contributed by atoms with van der Waals surface area (Å²) in [6, 6.07) is 2.21. The summed E-state index contributed by atoms with van der Waals surface area (Å²) in [5.41, 5.74) is -0.789. The van der Waals surface area contributed by atoms with Gasteiger partial charge in [-0.15, -0.1) is 0 Å². The van der Waals surface area contributed by atoms with Crippen LogP contribution in [0.25, 0.3) is 0 Å². The molecule has 0 aromatic carbocycles. The lowest BCUT2D eigenvalue weighted by atomic mass is 9.90. The number of carbonyl (C=O) groups excluding carboxylic acids is 1. The summed E-state index contributed by atoms with van der Waals surface area (Å²) in [4.78, 5) is 16.5. The SMILES string of the molecule is CC(C)C(C)(C#N)NC(=O)CN(C)CC1CCCN(C)C1. The van der Waals surface area contributed by atoms with Crippen molar-refractivity contribution in [2.75, 3.05) is 40.3 Å². The van der Waals surface area contributed by atoms with Crippen LogP contribution in [0.2, 0.25) is 0 Å². The number of likely N-dealkylation sites (N-methyl/N-ethyl adjacent to an activating group) is 1. The summed E-state index contributed by atoms with van der Waals surface area (Å²) in [6.45, 7) is 9.25. The average molecular weight is 294 g/mol. The minimum absolute atomic E-state index is 0.0700. The van der Waals surface area contributed by atoms with Crippen LogP contribution in [0.3, 0.4) is 0 Å². The van der Waals surface area contributed by atoms with Gasteiger partial charge in [0.1, 0.15) is 5.54 Å². The number of nitrogens with one attached hydrogen (secondary N) is 1. The van der Waals surface area contributed by atoms with Gasteiger partial charge in [-0.05, 0) is 52.2 Å². The van der Waals surface area contributed by atoms with Crippen molar-refractivity contribution in [3.05, 3.63) is 0 Å². The summed E-state index contributed by atoms with van der Waals surface area (Å²) in [5, 5.41) is 12.1. The monoisotopic (exact) mass is 294 g/mol. The number of piperidine rings is 1. The van der Waals surface area contributed by atoms with Gasteiger partial charge in [0, 0.05) is 13.1 Å². The fraction of sp³-hybridized carbons (Fsp3) is 0.875. The summed E-state index contributed by atoms with van der Waals surface area (Å²) in [5.74, 6) is 0.650. The van der Waals surface area contributed by atoms with Gasteiger partial charge in [0.2, 0.25) is 5.91 Å². The first-order chi connectivity index (χ1) is 9.76. The van der Waals surface area contributed by atoms with E-state index in [1.165, 1.54) is 19.4 Å². The predicted molar refractivity (Wildman–Crippen MR) is 84.7 cm³/mol. The Hall–Kier alpha value is -1.12. The van der Waals surface area contributed by atoms with Gasteiger partial charge in [-0.25, -0.2) is 0 Å². The Labute approximate surface area is 129 Å². The van der Waals surface area contributed by atoms with E-state index in [0.29, 0.717) is 12.5 Å². The molecule has 2 unspecified atom stereocenters. The summed E-state index contributed by atoms with van der Waals surface area (Å²) in [7, 11) is 4.13. The molecule has 1 aliphatic rings. The van der Waals surface area contributed by atoms with Crippen molar-refractivity contribution >= 4 is 5.91 Å². The van der Waals surface area contributed by atoms with Crippen LogP contribution in [-0.4, -0.2) is 61.5 Å². The Morgan fingerprint density at radius 3 is 2.76 bits per heavy atom. The average Bonchev–Trinajstić information content (AvgIpc) is 2.37. The van der Waals surface area contributed by atoms with E-state index in [4.69, 9.17) is 0 Å². The molecule has 0 aromatic heterocycles. The lowest BCUT2D eigenvalue weighted by Crippen LogP contribution is -2.52. The van der Waals surface area contributed by atoms with Gasteiger partial charge in [0.25, 0.3) is 0 Å². The third-order valence-electron chi connectivity index (χ3n) is 4.49. The molecule has 1 N–H and O–H groups in total. The number of amides is 1. The van der Waals surface area contributed by atoms with Gasteiger partial charge >= 0.3 is 0 Å². The van der Waals surface area contributed by atoms with Gasteiger partial charge in [-0.3, -0.25) is 9.69 Å². The van der Waals surface area contributed by atoms with Crippen molar-refractivity contribution in [1.29, 1.82) is 5.26 Å². The minimum Gasteiger partial charge on any atom is -0.337 e. The molecule has 1 fully saturated rings. The van der Waals surface area contributed by atoms with E-state index in [1.807, 2.05) is 20.9 Å². The first-order valence-electron chi connectivity index (χ1n) is 7.86. The standard InChI is InChI=1S/C16H30N4O/c1-13(2)16(3,12-17)18-15(21)11-20(5)10-14-7-6-8-19(4)9-14/h13-14H,6-11H2,1-5H3,(H,18,21). The smallest absolute Gasteiger partial charge is 0.235 e. The molecule has 120 valence electrons. The van der Waals surface area contributed by atoms with Crippen LogP contribution < -0.4 is 5.32 Å². The van der Waals surface area contributed by atoms with E-state index < -0.39 is 5.54 Å². The fourth-order valence-electron chi connectivity index (χ4n) is 2.80. The third kappa shape index (κ3) is 5.64. The first-order valence-corrected chi connectivity index (χ1v) is 7.86. The molecule has 0 aliphatic carbocycles. The van der Waals surface area contributed by atoms with E-state index >= 15 is 0 Å². The highest BCUT2D eigenvalue weighted by atomic mass is 16.2. The zero-order valence-electron chi connectivity index (χ0n) is 14.1. The molecule has 1 rings (SSSR count). The Bertz CT molecular complexity index is 390. The highest BCUT2D eigenvalue weighted by Crippen LogP contribution is 2.17. The maximum Gasteiger partial charge on any atom is 0.235 e. The van der Waals surface area contributed by atoms with Gasteiger partial charge in [-0.2, -0.15) is 5.26 Å². The number of nitrogens with zero attached hydrogens (tertiary/aromatic N) is 3. The van der Waals surface area contributed by atoms with Gasteiger partial charge in [0.15, 0.2) is 0 Å². The lowest BCUT2D eigenvalue weighted by molar-refractivity contribution is -0.123. The molecule has 0 aromatic rings. The maximum atomic E-state index is 12.1. The van der Waals surface area contributed by atoms with Crippen LogP contribution in [0.1, 0.15) is 33.6 Å². The van der Waals surface area contributed by atoms with E-state index in [0.717, 1.165) is 13.1 Å². The molecule has 1 aliphatic heterocycles. The molecule has 0 bridgehead atoms. The first kappa shape index (κ1) is 17.9. The van der Waals surface area contributed by atoms with Crippen molar-refractivity contribution in [1.82, 2.24) is 15.1 Å². The van der Waals surface area contributed by atoms with Crippen molar-refractivity contribution in [2.45, 2.75) is 39.2 Å². The number of nitriles is 1. The molecule has 0 spiro atoms. The number of hydrogen-bond acceptors (Lipinski definition) is 4. The Balaban J connectivity index is 2.42. The van der Waals surface area contributed by atoms with E-state index in [-0.39, 0.29) is 11.8 Å². The van der Waals surface area contributed by atoms with E-state index in [9.17, 15) is 10.1 Å². The van der Waals surface area contributed by atoms with Gasteiger partial charge in [-0.1, -0.05) is 13.8 Å². The molecule has 1 amide bonds. The molecule has 2 atom stereocenters. The molecule has 0 saturated carbocycles. The summed E-state index contributed by atoms with van der Waals surface area (Å²) < 4.78 is 0. The lowest BCUT2D eigenvalue weighted by Gasteiger charge is -2.33. The molecule has 0 radical (unpaired) electrons. The van der Waals surface area contributed by atoms with Crippen molar-refractivity contribution in [3.63, 3.8) is 0 Å². The molecule has 21 heavy (non-hydrogen) atoms. The highest BCUT2D eigenvalue weighted by Gasteiger charge is 2.30. The van der Waals surface area contributed by atoms with Crippen molar-refractivity contribution in [3.8, 4) is 6.07 Å². The van der Waals surface area contributed by atoms with Crippen molar-refractivity contribution < 1.29 is 4.79 Å². The van der Waals surface area contributed by atoms with Gasteiger partial charge in [0.05, 0.1) is 12.6 Å². The molecular weight excluding hydrogens is 264 g/mol. The Morgan fingerprint density at radius 1 is 1.57 bits per heavy atom. The Kier molecular flexibility index (Phi) is 6.63. The molecule has 5 heteroatoms. The predicted octanol–water partition coefficient (Wildman–Crippen LogP) is 1.31. The number of hydrogen-bond donors (Lipinski definition) is 1. The fourth-order valence-corrected chi connectivity index (χ4v) is 2.80. The van der Waals surface area contributed by atoms with Crippen LogP contribution in [0.4, 0.5) is 0 Å². The molecular formula is C16H30N4O. The second kappa shape index (κ2) is 7.77. The summed E-state index contributed by atoms with van der Waals surface area (Å²) in [6.07, 6.45) is 2.47. The molecule has 1 heterocycles. The highest BCUT2D eigenvalue weighted by molar-refractivity contribution is 5.79. The zero-order valence-corrected chi connectivity index (χ0v) is 14.1. The molecule has 1 saturated heterocycles. The van der Waals surface area contributed by atoms with Crippen LogP contribution in [0, 0.1) is 23.2 Å². The van der Waals surface area contributed by atoms with Gasteiger partial charge < -0.3 is 10.2 Å². The topological polar surface area (TPSA) is 59.4 Å². The number of rotatable bonds is 6. The van der Waals surface area contributed by atoms with E-state index in [2.05, 4.69) is 28.2 Å². The van der Waals surface area contributed by atoms with Crippen molar-refractivity contribution in [2.24, 2.45) is 11.8 Å². The van der Waals surface area contributed by atoms with Crippen LogP contribution in [-0.2, 0) is 4.79 Å². The molecule has 5 nitrogen and oxygen atoms in total. The largest absolute Gasteiger partial charge is 0.337 e. The number of likely N-dealkylation sites (tertiary alicyclic amines) is 1. The normalized spacial score (nSPS) is 22.9. The third-order valence-corrected chi connectivity index (χ3v) is 4.49. The van der Waals surface area contributed by atoms with Crippen LogP contribution >= 0.6 is 0 Å². The maximum absolute atomic E-state index is 12.1. The van der Waals surface area contributed by atoms with E-state index in [1.54, 1.807) is 6.92 Å². The second-order valence-electron chi connectivity index (χ2n) is 6.98. The Morgan fingerprint density at radius 2 is 2.24 bits per heavy atom. The quantitative estimate of drug-likeness (QED) is 0.802. The minimum atomic E-state index is -0.789.